The number of hydrogen-bond acceptors (Lipinski definition) is 7. The van der Waals surface area contributed by atoms with Gasteiger partial charge in [0, 0.05) is 22.7 Å². The first-order valence-corrected chi connectivity index (χ1v) is 12.0. The number of ketones is 1. The monoisotopic (exact) mass is 523 g/mol. The fraction of sp³-hybridized carbons (Fsp3) is 0.214. The molecule has 8 nitrogen and oxygen atoms in total. The second-order valence-electron chi connectivity index (χ2n) is 8.28. The average Bonchev–Trinajstić information content (AvgIpc) is 3.14. The highest BCUT2D eigenvalue weighted by Crippen LogP contribution is 2.42. The normalized spacial score (nSPS) is 16.7. The van der Waals surface area contributed by atoms with Crippen LogP contribution in [0, 0.1) is 0 Å². The first-order chi connectivity index (χ1) is 17.8. The van der Waals surface area contributed by atoms with Gasteiger partial charge in [0.05, 0.1) is 24.8 Å². The first kappa shape index (κ1) is 26.1. The standard InChI is InChI=1S/C28H26ClNO7/c1-2-36-23-15-17(10-11-22(23)32)25-24(27(34)28(35)30(25)12-13-31)26(33)18-7-5-8-20(14-18)37-16-19-6-3-4-9-21(19)29/h3-11,14-15,25,31-33H,2,12-13,16H2,1H3/b26-24+. The molecule has 1 amide bonds. The van der Waals surface area contributed by atoms with Crippen molar-refractivity contribution in [2.45, 2.75) is 19.6 Å². The van der Waals surface area contributed by atoms with Crippen LogP contribution in [0.15, 0.2) is 72.3 Å². The number of carbonyl (C=O) groups is 2. The van der Waals surface area contributed by atoms with E-state index in [1.807, 2.05) is 18.2 Å². The molecule has 1 unspecified atom stereocenters. The number of hydrogen-bond donors (Lipinski definition) is 3. The number of aromatic hydroxyl groups is 1. The first-order valence-electron chi connectivity index (χ1n) is 11.7. The summed E-state index contributed by atoms with van der Waals surface area (Å²) >= 11 is 6.20. The van der Waals surface area contributed by atoms with Crippen LogP contribution in [0.3, 0.4) is 0 Å². The van der Waals surface area contributed by atoms with Gasteiger partial charge in [-0.25, -0.2) is 0 Å². The number of phenolic OH excluding ortho intramolecular Hbond substituents is 1. The summed E-state index contributed by atoms with van der Waals surface area (Å²) in [6, 6.07) is 17.2. The molecular formula is C28H26ClNO7. The predicted molar refractivity (Wildman–Crippen MR) is 138 cm³/mol. The van der Waals surface area contributed by atoms with Crippen LogP contribution in [0.4, 0.5) is 0 Å². The van der Waals surface area contributed by atoms with Crippen LogP contribution in [0.25, 0.3) is 5.76 Å². The Labute approximate surface area is 218 Å². The minimum Gasteiger partial charge on any atom is -0.507 e. The van der Waals surface area contributed by atoms with Crippen LogP contribution in [0.2, 0.25) is 5.02 Å². The lowest BCUT2D eigenvalue weighted by Gasteiger charge is -2.25. The molecule has 1 heterocycles. The second-order valence-corrected chi connectivity index (χ2v) is 8.69. The van der Waals surface area contributed by atoms with Gasteiger partial charge in [-0.1, -0.05) is 48.0 Å². The summed E-state index contributed by atoms with van der Waals surface area (Å²) in [4.78, 5) is 27.1. The van der Waals surface area contributed by atoms with E-state index in [1.54, 1.807) is 37.3 Å². The Kier molecular flexibility index (Phi) is 8.01. The van der Waals surface area contributed by atoms with Crippen molar-refractivity contribution in [3.05, 3.63) is 94.0 Å². The maximum atomic E-state index is 13.1. The molecule has 37 heavy (non-hydrogen) atoms. The molecule has 0 bridgehead atoms. The molecule has 1 aliphatic rings. The molecule has 0 spiro atoms. The average molecular weight is 524 g/mol. The van der Waals surface area contributed by atoms with E-state index >= 15 is 0 Å². The second kappa shape index (κ2) is 11.4. The number of ether oxygens (including phenoxy) is 2. The third-order valence-electron chi connectivity index (χ3n) is 5.94. The Morgan fingerprint density at radius 2 is 1.81 bits per heavy atom. The molecule has 0 aliphatic carbocycles. The Bertz CT molecular complexity index is 1350. The molecular weight excluding hydrogens is 498 g/mol. The zero-order valence-electron chi connectivity index (χ0n) is 20.1. The topological polar surface area (TPSA) is 117 Å². The summed E-state index contributed by atoms with van der Waals surface area (Å²) in [6.07, 6.45) is 0. The summed E-state index contributed by atoms with van der Waals surface area (Å²) in [5.74, 6) is -1.63. The Balaban J connectivity index is 1.74. The number of aliphatic hydroxyl groups excluding tert-OH is 2. The van der Waals surface area contributed by atoms with Crippen LogP contribution < -0.4 is 9.47 Å². The number of amides is 1. The summed E-state index contributed by atoms with van der Waals surface area (Å²) < 4.78 is 11.3. The van der Waals surface area contributed by atoms with Crippen molar-refractivity contribution in [2.75, 3.05) is 19.8 Å². The smallest absolute Gasteiger partial charge is 0.295 e. The SMILES string of the molecule is CCOc1cc(C2/C(=C(\O)c3cccc(OCc4ccccc4Cl)c3)C(=O)C(=O)N2CCO)ccc1O. The zero-order valence-corrected chi connectivity index (χ0v) is 20.8. The minimum absolute atomic E-state index is 0.104. The number of benzene rings is 3. The van der Waals surface area contributed by atoms with Crippen molar-refractivity contribution in [2.24, 2.45) is 0 Å². The number of β-amino-alcohol motifs (C(OH)–C–C–N with tert-alkyl or cyclic N) is 1. The van der Waals surface area contributed by atoms with Gasteiger partial charge in [0.1, 0.15) is 18.1 Å². The van der Waals surface area contributed by atoms with E-state index in [2.05, 4.69) is 0 Å². The summed E-state index contributed by atoms with van der Waals surface area (Å²) in [5, 5.41) is 31.5. The number of rotatable bonds is 9. The molecule has 192 valence electrons. The molecule has 0 saturated carbocycles. The predicted octanol–water partition coefficient (Wildman–Crippen LogP) is 4.44. The van der Waals surface area contributed by atoms with Crippen LogP contribution in [-0.4, -0.2) is 51.7 Å². The quantitative estimate of drug-likeness (QED) is 0.216. The molecule has 1 atom stereocenters. The van der Waals surface area contributed by atoms with Crippen LogP contribution in [-0.2, 0) is 16.2 Å². The number of aliphatic hydroxyl groups is 2. The van der Waals surface area contributed by atoms with E-state index in [9.17, 15) is 24.9 Å². The fourth-order valence-corrected chi connectivity index (χ4v) is 4.39. The molecule has 0 aromatic heterocycles. The number of nitrogens with zero attached hydrogens (tertiary/aromatic N) is 1. The van der Waals surface area contributed by atoms with Crippen molar-refractivity contribution in [3.63, 3.8) is 0 Å². The van der Waals surface area contributed by atoms with E-state index in [0.29, 0.717) is 16.3 Å². The van der Waals surface area contributed by atoms with E-state index in [-0.39, 0.29) is 49.0 Å². The molecule has 9 heteroatoms. The molecule has 3 aromatic rings. The van der Waals surface area contributed by atoms with Gasteiger partial charge in [-0.2, -0.15) is 0 Å². The fourth-order valence-electron chi connectivity index (χ4n) is 4.20. The number of Topliss-reactive ketones (excluding diaryl/α,β-unsaturated/α-hetero) is 1. The number of halogens is 1. The summed E-state index contributed by atoms with van der Waals surface area (Å²) in [6.45, 7) is 1.72. The van der Waals surface area contributed by atoms with Gasteiger partial charge < -0.3 is 29.7 Å². The van der Waals surface area contributed by atoms with Crippen molar-refractivity contribution >= 4 is 29.1 Å². The summed E-state index contributed by atoms with van der Waals surface area (Å²) in [5.41, 5.74) is 1.34. The summed E-state index contributed by atoms with van der Waals surface area (Å²) in [7, 11) is 0. The van der Waals surface area contributed by atoms with Crippen molar-refractivity contribution < 1.29 is 34.4 Å². The van der Waals surface area contributed by atoms with Gasteiger partial charge in [0.2, 0.25) is 0 Å². The third kappa shape index (κ3) is 5.40. The highest BCUT2D eigenvalue weighted by Gasteiger charge is 2.46. The van der Waals surface area contributed by atoms with E-state index in [0.717, 1.165) is 5.56 Å². The number of carbonyl (C=O) groups excluding carboxylic acids is 2. The van der Waals surface area contributed by atoms with Crippen LogP contribution in [0.5, 0.6) is 17.2 Å². The van der Waals surface area contributed by atoms with Crippen molar-refractivity contribution in [1.82, 2.24) is 4.90 Å². The van der Waals surface area contributed by atoms with Gasteiger partial charge in [-0.15, -0.1) is 0 Å². The van der Waals surface area contributed by atoms with Gasteiger partial charge in [-0.05, 0) is 42.8 Å². The largest absolute Gasteiger partial charge is 0.507 e. The zero-order chi connectivity index (χ0) is 26.5. The lowest BCUT2D eigenvalue weighted by atomic mass is 9.95. The molecule has 3 N–H and O–H groups in total. The minimum atomic E-state index is -1.00. The van der Waals surface area contributed by atoms with Crippen molar-refractivity contribution in [3.8, 4) is 17.2 Å². The molecule has 1 fully saturated rings. The lowest BCUT2D eigenvalue weighted by Crippen LogP contribution is -2.32. The number of likely N-dealkylation sites (tertiary alicyclic amines) is 1. The van der Waals surface area contributed by atoms with Gasteiger partial charge in [-0.3, -0.25) is 9.59 Å². The van der Waals surface area contributed by atoms with Gasteiger partial charge in [0.25, 0.3) is 11.7 Å². The highest BCUT2D eigenvalue weighted by molar-refractivity contribution is 6.46. The maximum Gasteiger partial charge on any atom is 0.295 e. The molecule has 4 rings (SSSR count). The lowest BCUT2D eigenvalue weighted by molar-refractivity contribution is -0.140. The Morgan fingerprint density at radius 1 is 1.03 bits per heavy atom. The van der Waals surface area contributed by atoms with E-state index in [4.69, 9.17) is 21.1 Å². The van der Waals surface area contributed by atoms with Crippen LogP contribution in [0.1, 0.15) is 29.7 Å². The van der Waals surface area contributed by atoms with Crippen molar-refractivity contribution in [1.29, 1.82) is 0 Å². The van der Waals surface area contributed by atoms with E-state index < -0.39 is 23.5 Å². The third-order valence-corrected chi connectivity index (χ3v) is 6.31. The maximum absolute atomic E-state index is 13.1. The number of phenols is 1. The molecule has 3 aromatic carbocycles. The van der Waals surface area contributed by atoms with E-state index in [1.165, 1.54) is 23.1 Å². The molecule has 1 saturated heterocycles. The van der Waals surface area contributed by atoms with Gasteiger partial charge >= 0.3 is 0 Å². The highest BCUT2D eigenvalue weighted by atomic mass is 35.5. The Morgan fingerprint density at radius 3 is 2.54 bits per heavy atom. The van der Waals surface area contributed by atoms with Crippen LogP contribution >= 0.6 is 11.6 Å². The Hall–Kier alpha value is -4.01. The molecule has 1 aliphatic heterocycles. The van der Waals surface area contributed by atoms with Gasteiger partial charge in [0.15, 0.2) is 11.5 Å². The molecule has 0 radical (unpaired) electrons.